The standard InChI is InChI=1S/C34H54O11/c1-9-33(5,6)43-16-24-28(38)29(39)30(40)32(44-24)45-31-26-22(17(2)14-42-19(4)35)12-25(36)34(26,7)13-23-20(15-41-8)10-11-21(23)18(3)27(31)37/h9,13,17-18,20-21,24-25,27-32,36-40H,1,10-12,14-16H2,2-8H3/b23-13-/t17-,18-,20-,21+,24-,25+,27-,28?,29?,30?,31-,32-,34+/m1/s1. The number of carbonyl (C=O) groups excluding carboxylic acids is 1. The SMILES string of the molecule is C=CC(C)(C)OC[C@H]1O[C@H](O[C@@H]2C3=C([C@H](C)COC(C)=O)C[C@H](O)[C@]3(C)/C=C3/[C@@H](COC)CC[C@H]3[C@@H](C)[C@H]2O)C(O)C(O)C1O. The zero-order chi connectivity index (χ0) is 33.4. The van der Waals surface area contributed by atoms with Gasteiger partial charge in [0.15, 0.2) is 6.29 Å². The number of aliphatic hydroxyl groups is 5. The molecule has 0 radical (unpaired) electrons. The third kappa shape index (κ3) is 7.27. The van der Waals surface area contributed by atoms with Gasteiger partial charge >= 0.3 is 5.97 Å². The summed E-state index contributed by atoms with van der Waals surface area (Å²) < 4.78 is 29.3. The highest BCUT2D eigenvalue weighted by molar-refractivity contribution is 5.65. The fraction of sp³-hybridized carbons (Fsp3) is 0.794. The minimum absolute atomic E-state index is 0.00578. The third-order valence-corrected chi connectivity index (χ3v) is 10.6. The summed E-state index contributed by atoms with van der Waals surface area (Å²) in [5, 5.41) is 56.5. The highest BCUT2D eigenvalue weighted by Crippen LogP contribution is 2.55. The molecule has 0 bridgehead atoms. The van der Waals surface area contributed by atoms with E-state index >= 15 is 0 Å². The fourth-order valence-electron chi connectivity index (χ4n) is 7.56. The maximum atomic E-state index is 12.1. The van der Waals surface area contributed by atoms with Crippen molar-refractivity contribution in [3.05, 3.63) is 35.5 Å². The quantitative estimate of drug-likeness (QED) is 0.166. The predicted octanol–water partition coefficient (Wildman–Crippen LogP) is 2.04. The molecule has 45 heavy (non-hydrogen) atoms. The first-order chi connectivity index (χ1) is 21.1. The molecule has 11 nitrogen and oxygen atoms in total. The molecule has 0 amide bonds. The summed E-state index contributed by atoms with van der Waals surface area (Å²) in [6.07, 6.45) is -4.51. The van der Waals surface area contributed by atoms with Crippen molar-refractivity contribution in [1.29, 1.82) is 0 Å². The zero-order valence-corrected chi connectivity index (χ0v) is 27.7. The molecule has 1 aliphatic heterocycles. The molecule has 1 saturated carbocycles. The van der Waals surface area contributed by atoms with E-state index in [1.165, 1.54) is 6.92 Å². The largest absolute Gasteiger partial charge is 0.465 e. The number of carbonyl (C=O) groups is 1. The van der Waals surface area contributed by atoms with Crippen molar-refractivity contribution in [2.45, 2.75) is 115 Å². The summed E-state index contributed by atoms with van der Waals surface area (Å²) in [5.74, 6) is -0.878. The van der Waals surface area contributed by atoms with E-state index in [0.717, 1.165) is 24.0 Å². The van der Waals surface area contributed by atoms with Crippen LogP contribution < -0.4 is 0 Å². The first kappa shape index (κ1) is 36.2. The molecule has 1 heterocycles. The third-order valence-electron chi connectivity index (χ3n) is 10.6. The van der Waals surface area contributed by atoms with Gasteiger partial charge in [-0.25, -0.2) is 0 Å². The number of hydrogen-bond donors (Lipinski definition) is 5. The minimum atomic E-state index is -1.64. The van der Waals surface area contributed by atoms with Crippen LogP contribution in [0.5, 0.6) is 0 Å². The molecule has 3 unspecified atom stereocenters. The van der Waals surface area contributed by atoms with Crippen molar-refractivity contribution < 1.29 is 54.0 Å². The van der Waals surface area contributed by atoms with E-state index in [4.69, 9.17) is 23.7 Å². The number of aliphatic hydroxyl groups excluding tert-OH is 5. The van der Waals surface area contributed by atoms with Crippen molar-refractivity contribution >= 4 is 5.97 Å². The van der Waals surface area contributed by atoms with Crippen LogP contribution in [0.15, 0.2) is 35.5 Å². The molecule has 13 atom stereocenters. The van der Waals surface area contributed by atoms with Crippen molar-refractivity contribution in [2.24, 2.45) is 29.1 Å². The average Bonchev–Trinajstić information content (AvgIpc) is 3.49. The summed E-state index contributed by atoms with van der Waals surface area (Å²) in [5.41, 5.74) is 0.864. The summed E-state index contributed by atoms with van der Waals surface area (Å²) in [6, 6.07) is 0. The summed E-state index contributed by atoms with van der Waals surface area (Å²) in [7, 11) is 1.67. The molecule has 1 saturated heterocycles. The lowest BCUT2D eigenvalue weighted by molar-refractivity contribution is -0.319. The van der Waals surface area contributed by atoms with Crippen LogP contribution in [-0.2, 0) is 28.5 Å². The van der Waals surface area contributed by atoms with Crippen molar-refractivity contribution in [3.63, 3.8) is 0 Å². The minimum Gasteiger partial charge on any atom is -0.465 e. The molecule has 5 N–H and O–H groups in total. The summed E-state index contributed by atoms with van der Waals surface area (Å²) >= 11 is 0. The van der Waals surface area contributed by atoms with E-state index in [1.54, 1.807) is 27.0 Å². The van der Waals surface area contributed by atoms with E-state index < -0.39 is 66.0 Å². The highest BCUT2D eigenvalue weighted by Gasteiger charge is 2.55. The number of ether oxygens (including phenoxy) is 5. The predicted molar refractivity (Wildman–Crippen MR) is 165 cm³/mol. The van der Waals surface area contributed by atoms with Gasteiger partial charge in [0.05, 0.1) is 37.6 Å². The monoisotopic (exact) mass is 638 g/mol. The Balaban J connectivity index is 1.78. The Hall–Kier alpha value is -1.67. The number of esters is 1. The average molecular weight is 639 g/mol. The van der Waals surface area contributed by atoms with Gasteiger partial charge in [-0.1, -0.05) is 37.1 Å². The Kier molecular flexibility index (Phi) is 11.4. The van der Waals surface area contributed by atoms with Gasteiger partial charge in [0.2, 0.25) is 0 Å². The number of rotatable bonds is 11. The highest BCUT2D eigenvalue weighted by atomic mass is 16.7. The van der Waals surface area contributed by atoms with Gasteiger partial charge in [0, 0.05) is 31.3 Å². The van der Waals surface area contributed by atoms with Crippen LogP contribution >= 0.6 is 0 Å². The molecule has 0 aromatic carbocycles. The Morgan fingerprint density at radius 1 is 1.13 bits per heavy atom. The maximum Gasteiger partial charge on any atom is 0.302 e. The van der Waals surface area contributed by atoms with Gasteiger partial charge in [0.25, 0.3) is 0 Å². The Morgan fingerprint density at radius 2 is 1.82 bits per heavy atom. The molecule has 4 rings (SSSR count). The van der Waals surface area contributed by atoms with Crippen LogP contribution in [0.2, 0.25) is 0 Å². The second-order valence-electron chi connectivity index (χ2n) is 14.2. The molecule has 11 heteroatoms. The van der Waals surface area contributed by atoms with Crippen LogP contribution in [0.25, 0.3) is 0 Å². The normalized spacial score (nSPS) is 42.2. The van der Waals surface area contributed by atoms with Crippen LogP contribution in [0.1, 0.15) is 60.8 Å². The lowest BCUT2D eigenvalue weighted by Crippen LogP contribution is -2.61. The second kappa shape index (κ2) is 14.2. The van der Waals surface area contributed by atoms with E-state index in [9.17, 15) is 30.3 Å². The fourth-order valence-corrected chi connectivity index (χ4v) is 7.56. The van der Waals surface area contributed by atoms with Crippen molar-refractivity contribution in [1.82, 2.24) is 0 Å². The Morgan fingerprint density at radius 3 is 2.44 bits per heavy atom. The van der Waals surface area contributed by atoms with Crippen LogP contribution in [0, 0.1) is 29.1 Å². The Bertz CT molecular complexity index is 1130. The number of methoxy groups -OCH3 is 1. The molecule has 4 aliphatic rings. The van der Waals surface area contributed by atoms with Gasteiger partial charge in [-0.3, -0.25) is 4.79 Å². The molecule has 256 valence electrons. The van der Waals surface area contributed by atoms with E-state index in [-0.39, 0.29) is 43.3 Å². The van der Waals surface area contributed by atoms with Gasteiger partial charge in [0.1, 0.15) is 30.5 Å². The first-order valence-corrected chi connectivity index (χ1v) is 16.1. The van der Waals surface area contributed by atoms with Crippen molar-refractivity contribution in [2.75, 3.05) is 26.9 Å². The van der Waals surface area contributed by atoms with Crippen molar-refractivity contribution in [3.8, 4) is 0 Å². The van der Waals surface area contributed by atoms with E-state index in [0.29, 0.717) is 12.2 Å². The molecule has 0 aromatic rings. The zero-order valence-electron chi connectivity index (χ0n) is 27.7. The summed E-state index contributed by atoms with van der Waals surface area (Å²) in [4.78, 5) is 11.7. The van der Waals surface area contributed by atoms with Gasteiger partial charge in [-0.2, -0.15) is 0 Å². The van der Waals surface area contributed by atoms with Gasteiger partial charge in [-0.05, 0) is 57.4 Å². The van der Waals surface area contributed by atoms with Crippen LogP contribution in [0.4, 0.5) is 0 Å². The molecule has 2 fully saturated rings. The van der Waals surface area contributed by atoms with Gasteiger partial charge < -0.3 is 49.2 Å². The molecular formula is C34H54O11. The smallest absolute Gasteiger partial charge is 0.302 e. The first-order valence-electron chi connectivity index (χ1n) is 16.1. The lowest BCUT2D eigenvalue weighted by Gasteiger charge is -2.46. The van der Waals surface area contributed by atoms with E-state index in [1.807, 2.05) is 20.8 Å². The number of fused-ring (bicyclic) bond motifs is 2. The summed E-state index contributed by atoms with van der Waals surface area (Å²) in [6.45, 7) is 15.0. The molecule has 3 aliphatic carbocycles. The second-order valence-corrected chi connectivity index (χ2v) is 14.2. The molecule has 0 aromatic heterocycles. The van der Waals surface area contributed by atoms with Crippen LogP contribution in [-0.4, -0.2) is 113 Å². The van der Waals surface area contributed by atoms with E-state index in [2.05, 4.69) is 12.7 Å². The maximum absolute atomic E-state index is 12.1. The number of hydrogen-bond acceptors (Lipinski definition) is 11. The van der Waals surface area contributed by atoms with Crippen LogP contribution in [0.3, 0.4) is 0 Å². The van der Waals surface area contributed by atoms with Gasteiger partial charge in [-0.15, -0.1) is 6.58 Å². The lowest BCUT2D eigenvalue weighted by atomic mass is 9.68. The topological polar surface area (TPSA) is 164 Å². The molecular weight excluding hydrogens is 584 g/mol. The Labute approximate surface area is 266 Å². The molecule has 0 spiro atoms.